The largest absolute Gasteiger partial charge is 0.444 e. The minimum atomic E-state index is -0.664. The van der Waals surface area contributed by atoms with Crippen molar-refractivity contribution in [3.63, 3.8) is 0 Å². The van der Waals surface area contributed by atoms with Gasteiger partial charge in [0.15, 0.2) is 0 Å². The molecule has 0 aromatic heterocycles. The number of amides is 3. The molecule has 0 spiro atoms. The molecule has 7 nitrogen and oxygen atoms in total. The van der Waals surface area contributed by atoms with Crippen molar-refractivity contribution in [1.29, 1.82) is 0 Å². The molecule has 0 radical (unpaired) electrons. The Balaban J connectivity index is 1.87. The van der Waals surface area contributed by atoms with Crippen LogP contribution in [0.25, 0.3) is 10.8 Å². The number of anilines is 1. The fraction of sp³-hybridized carbons (Fsp3) is 0.269. The summed E-state index contributed by atoms with van der Waals surface area (Å²) in [6, 6.07) is 18.3. The van der Waals surface area contributed by atoms with Crippen LogP contribution >= 0.6 is 0 Å². The van der Waals surface area contributed by atoms with Crippen LogP contribution in [0.3, 0.4) is 0 Å². The first kappa shape index (κ1) is 23.8. The second-order valence-electron chi connectivity index (χ2n) is 8.81. The zero-order chi connectivity index (χ0) is 24.2. The van der Waals surface area contributed by atoms with Crippen molar-refractivity contribution >= 4 is 34.4 Å². The molecule has 33 heavy (non-hydrogen) atoms. The van der Waals surface area contributed by atoms with Crippen molar-refractivity contribution < 1.29 is 19.1 Å². The molecule has 0 saturated carbocycles. The van der Waals surface area contributed by atoms with Gasteiger partial charge in [-0.05, 0) is 61.4 Å². The summed E-state index contributed by atoms with van der Waals surface area (Å²) in [5, 5.41) is 7.10. The summed E-state index contributed by atoms with van der Waals surface area (Å²) in [7, 11) is 3.27. The van der Waals surface area contributed by atoms with Crippen molar-refractivity contribution in [2.45, 2.75) is 32.9 Å². The van der Waals surface area contributed by atoms with Crippen LogP contribution in [0.4, 0.5) is 10.5 Å². The summed E-state index contributed by atoms with van der Waals surface area (Å²) in [5.41, 5.74) is 1.51. The first-order chi connectivity index (χ1) is 15.6. The number of carbonyl (C=O) groups excluding carboxylic acids is 3. The molecule has 0 bridgehead atoms. The molecule has 0 atom stereocenters. The van der Waals surface area contributed by atoms with Crippen molar-refractivity contribution in [2.24, 2.45) is 0 Å². The van der Waals surface area contributed by atoms with Gasteiger partial charge in [0.25, 0.3) is 11.8 Å². The van der Waals surface area contributed by atoms with Crippen LogP contribution in [0.5, 0.6) is 0 Å². The van der Waals surface area contributed by atoms with Crippen molar-refractivity contribution in [3.05, 3.63) is 77.4 Å². The van der Waals surface area contributed by atoms with E-state index in [1.165, 1.54) is 0 Å². The summed E-state index contributed by atoms with van der Waals surface area (Å²) >= 11 is 0. The number of carbonyl (C=O) groups is 3. The standard InChI is InChI=1S/C26H29N3O4/c1-26(2,3)33-25(32)28-22-15-20-9-7-6-8-19(20)14-21(22)24(31)29(5)16-17-10-12-18(13-11-17)23(30)27-4/h6-15H,16H2,1-5H3,(H,27,30)(H,28,32). The Morgan fingerprint density at radius 3 is 2.12 bits per heavy atom. The Bertz CT molecular complexity index is 1180. The second-order valence-corrected chi connectivity index (χ2v) is 8.81. The van der Waals surface area contributed by atoms with Crippen LogP contribution in [0.1, 0.15) is 47.1 Å². The molecule has 172 valence electrons. The molecule has 3 amide bonds. The summed E-state index contributed by atoms with van der Waals surface area (Å²) < 4.78 is 5.38. The Hall–Kier alpha value is -3.87. The maximum Gasteiger partial charge on any atom is 0.412 e. The third-order valence-electron chi connectivity index (χ3n) is 4.96. The van der Waals surface area contributed by atoms with E-state index in [1.54, 1.807) is 64.0 Å². The van der Waals surface area contributed by atoms with Gasteiger partial charge in [0.2, 0.25) is 0 Å². The number of fused-ring (bicyclic) bond motifs is 1. The van der Waals surface area contributed by atoms with Crippen LogP contribution in [-0.2, 0) is 11.3 Å². The number of hydrogen-bond donors (Lipinski definition) is 2. The SMILES string of the molecule is CNC(=O)c1ccc(CN(C)C(=O)c2cc3ccccc3cc2NC(=O)OC(C)(C)C)cc1. The average molecular weight is 448 g/mol. The Kier molecular flexibility index (Phi) is 7.01. The molecular weight excluding hydrogens is 418 g/mol. The van der Waals surface area contributed by atoms with E-state index >= 15 is 0 Å². The third kappa shape index (κ3) is 6.10. The Morgan fingerprint density at radius 1 is 0.939 bits per heavy atom. The van der Waals surface area contributed by atoms with Crippen LogP contribution < -0.4 is 10.6 Å². The minimum Gasteiger partial charge on any atom is -0.444 e. The lowest BCUT2D eigenvalue weighted by Crippen LogP contribution is -2.30. The molecule has 2 N–H and O–H groups in total. The lowest BCUT2D eigenvalue weighted by Gasteiger charge is -2.22. The molecule has 3 aromatic carbocycles. The molecule has 0 aliphatic carbocycles. The summed E-state index contributed by atoms with van der Waals surface area (Å²) in [4.78, 5) is 39.1. The van der Waals surface area contributed by atoms with E-state index in [2.05, 4.69) is 10.6 Å². The molecule has 3 rings (SSSR count). The van der Waals surface area contributed by atoms with Gasteiger partial charge >= 0.3 is 6.09 Å². The first-order valence-corrected chi connectivity index (χ1v) is 10.7. The van der Waals surface area contributed by atoms with E-state index < -0.39 is 11.7 Å². The molecule has 0 aliphatic rings. The highest BCUT2D eigenvalue weighted by atomic mass is 16.6. The predicted octanol–water partition coefficient (Wildman–Crippen LogP) is 4.82. The van der Waals surface area contributed by atoms with E-state index in [0.717, 1.165) is 16.3 Å². The molecule has 0 unspecified atom stereocenters. The van der Waals surface area contributed by atoms with Gasteiger partial charge in [0, 0.05) is 26.2 Å². The number of benzene rings is 3. The van der Waals surface area contributed by atoms with E-state index in [4.69, 9.17) is 4.74 Å². The maximum absolute atomic E-state index is 13.4. The third-order valence-corrected chi connectivity index (χ3v) is 4.96. The smallest absolute Gasteiger partial charge is 0.412 e. The van der Waals surface area contributed by atoms with Gasteiger partial charge in [0.1, 0.15) is 5.60 Å². The molecule has 7 heteroatoms. The van der Waals surface area contributed by atoms with Gasteiger partial charge in [-0.1, -0.05) is 36.4 Å². The number of nitrogens with zero attached hydrogens (tertiary/aromatic N) is 1. The van der Waals surface area contributed by atoms with Crippen LogP contribution in [0, 0.1) is 0 Å². The van der Waals surface area contributed by atoms with Gasteiger partial charge < -0.3 is 15.0 Å². The minimum absolute atomic E-state index is 0.167. The fourth-order valence-corrected chi connectivity index (χ4v) is 3.39. The molecule has 0 fully saturated rings. The van der Waals surface area contributed by atoms with Crippen LogP contribution in [-0.4, -0.2) is 42.5 Å². The average Bonchev–Trinajstić information content (AvgIpc) is 2.76. The van der Waals surface area contributed by atoms with Crippen LogP contribution in [0.2, 0.25) is 0 Å². The van der Waals surface area contributed by atoms with Crippen LogP contribution in [0.15, 0.2) is 60.7 Å². The van der Waals surface area contributed by atoms with Gasteiger partial charge in [-0.15, -0.1) is 0 Å². The second kappa shape index (κ2) is 9.73. The maximum atomic E-state index is 13.4. The van der Waals surface area contributed by atoms with Gasteiger partial charge in [-0.25, -0.2) is 4.79 Å². The van der Waals surface area contributed by atoms with E-state index in [-0.39, 0.29) is 11.8 Å². The quantitative estimate of drug-likeness (QED) is 0.587. The summed E-state index contributed by atoms with van der Waals surface area (Å²) in [6.07, 6.45) is -0.626. The highest BCUT2D eigenvalue weighted by Gasteiger charge is 2.21. The van der Waals surface area contributed by atoms with E-state index in [1.807, 2.05) is 36.4 Å². The Morgan fingerprint density at radius 2 is 1.55 bits per heavy atom. The fourth-order valence-electron chi connectivity index (χ4n) is 3.39. The van der Waals surface area contributed by atoms with Gasteiger partial charge in [-0.3, -0.25) is 14.9 Å². The number of ether oxygens (including phenoxy) is 1. The van der Waals surface area contributed by atoms with Crippen molar-refractivity contribution in [2.75, 3.05) is 19.4 Å². The van der Waals surface area contributed by atoms with Crippen molar-refractivity contribution in [1.82, 2.24) is 10.2 Å². The zero-order valence-electron chi connectivity index (χ0n) is 19.6. The highest BCUT2D eigenvalue weighted by molar-refractivity contribution is 6.07. The topological polar surface area (TPSA) is 87.7 Å². The molecule has 0 heterocycles. The van der Waals surface area contributed by atoms with Gasteiger partial charge in [-0.2, -0.15) is 0 Å². The monoisotopic (exact) mass is 447 g/mol. The lowest BCUT2D eigenvalue weighted by atomic mass is 10.0. The first-order valence-electron chi connectivity index (χ1n) is 10.7. The zero-order valence-corrected chi connectivity index (χ0v) is 19.6. The molecule has 0 aliphatic heterocycles. The summed E-state index contributed by atoms with van der Waals surface area (Å²) in [5.74, 6) is -0.415. The number of nitrogens with one attached hydrogen (secondary N) is 2. The lowest BCUT2D eigenvalue weighted by molar-refractivity contribution is 0.0635. The highest BCUT2D eigenvalue weighted by Crippen LogP contribution is 2.26. The Labute approximate surface area is 193 Å². The molecular formula is C26H29N3O4. The normalized spacial score (nSPS) is 11.1. The molecule has 0 saturated heterocycles. The van der Waals surface area contributed by atoms with E-state index in [0.29, 0.717) is 23.4 Å². The predicted molar refractivity (Wildman–Crippen MR) is 129 cm³/mol. The van der Waals surface area contributed by atoms with Crippen molar-refractivity contribution in [3.8, 4) is 0 Å². The number of hydrogen-bond acceptors (Lipinski definition) is 4. The molecule has 3 aromatic rings. The van der Waals surface area contributed by atoms with E-state index in [9.17, 15) is 14.4 Å². The number of rotatable bonds is 5. The van der Waals surface area contributed by atoms with Gasteiger partial charge in [0.05, 0.1) is 11.3 Å². The summed E-state index contributed by atoms with van der Waals surface area (Å²) in [6.45, 7) is 5.68.